The predicted molar refractivity (Wildman–Crippen MR) is 64.1 cm³/mol. The second-order valence-electron chi connectivity index (χ2n) is 4.68. The normalized spacial score (nSPS) is 11.8. The summed E-state index contributed by atoms with van der Waals surface area (Å²) in [5.41, 5.74) is 0.134. The lowest BCUT2D eigenvalue weighted by Crippen LogP contribution is -2.35. The first kappa shape index (κ1) is 14.1. The molecule has 1 aromatic rings. The van der Waals surface area contributed by atoms with E-state index in [1.54, 1.807) is 7.11 Å². The third kappa shape index (κ3) is 4.06. The fourth-order valence-corrected chi connectivity index (χ4v) is 1.71. The highest BCUT2D eigenvalue weighted by Crippen LogP contribution is 2.25. The van der Waals surface area contributed by atoms with Crippen molar-refractivity contribution in [3.05, 3.63) is 35.4 Å². The number of methoxy groups -OCH3 is 1. The molecular formula is C13H19F2NO. The standard InChI is InChI=1S/C13H19F2NO/c1-13(2,9-16-6-7-17-3)11-5-4-10(14)8-12(11)15/h4-5,8,16H,6-7,9H2,1-3H3. The van der Waals surface area contributed by atoms with Gasteiger partial charge in [-0.15, -0.1) is 0 Å². The van der Waals surface area contributed by atoms with Crippen molar-refractivity contribution in [1.29, 1.82) is 0 Å². The van der Waals surface area contributed by atoms with E-state index in [-0.39, 0.29) is 5.41 Å². The van der Waals surface area contributed by atoms with Gasteiger partial charge >= 0.3 is 0 Å². The summed E-state index contributed by atoms with van der Waals surface area (Å²) in [5.74, 6) is -1.04. The van der Waals surface area contributed by atoms with Crippen LogP contribution in [0.25, 0.3) is 0 Å². The van der Waals surface area contributed by atoms with Gasteiger partial charge in [-0.1, -0.05) is 19.9 Å². The monoisotopic (exact) mass is 243 g/mol. The molecule has 0 amide bonds. The minimum Gasteiger partial charge on any atom is -0.383 e. The van der Waals surface area contributed by atoms with Crippen molar-refractivity contribution >= 4 is 0 Å². The van der Waals surface area contributed by atoms with Crippen LogP contribution in [0, 0.1) is 11.6 Å². The number of ether oxygens (including phenoxy) is 1. The van der Waals surface area contributed by atoms with Crippen molar-refractivity contribution < 1.29 is 13.5 Å². The summed E-state index contributed by atoms with van der Waals surface area (Å²) in [5, 5.41) is 3.18. The van der Waals surface area contributed by atoms with Crippen molar-refractivity contribution in [3.8, 4) is 0 Å². The van der Waals surface area contributed by atoms with Crippen LogP contribution >= 0.6 is 0 Å². The minimum absolute atomic E-state index is 0.383. The molecule has 0 spiro atoms. The van der Waals surface area contributed by atoms with E-state index in [1.165, 1.54) is 12.1 Å². The lowest BCUT2D eigenvalue weighted by atomic mass is 9.84. The van der Waals surface area contributed by atoms with Crippen molar-refractivity contribution in [2.45, 2.75) is 19.3 Å². The molecule has 1 rings (SSSR count). The average molecular weight is 243 g/mol. The Morgan fingerprint density at radius 1 is 1.29 bits per heavy atom. The molecule has 0 aromatic heterocycles. The van der Waals surface area contributed by atoms with Gasteiger partial charge < -0.3 is 10.1 Å². The highest BCUT2D eigenvalue weighted by atomic mass is 19.1. The summed E-state index contributed by atoms with van der Waals surface area (Å²) < 4.78 is 31.4. The second-order valence-corrected chi connectivity index (χ2v) is 4.68. The van der Waals surface area contributed by atoms with Crippen LogP contribution in [0.4, 0.5) is 8.78 Å². The number of nitrogens with one attached hydrogen (secondary N) is 1. The van der Waals surface area contributed by atoms with Gasteiger partial charge in [0.25, 0.3) is 0 Å². The van der Waals surface area contributed by atoms with E-state index in [1.807, 2.05) is 13.8 Å². The van der Waals surface area contributed by atoms with Crippen LogP contribution < -0.4 is 5.32 Å². The Bertz CT molecular complexity index is 366. The van der Waals surface area contributed by atoms with E-state index in [4.69, 9.17) is 4.74 Å². The number of rotatable bonds is 6. The summed E-state index contributed by atoms with van der Waals surface area (Å²) in [7, 11) is 1.63. The molecule has 4 heteroatoms. The summed E-state index contributed by atoms with van der Waals surface area (Å²) in [6, 6.07) is 3.71. The Balaban J connectivity index is 2.68. The summed E-state index contributed by atoms with van der Waals surface area (Å²) in [6.45, 7) is 5.77. The molecule has 1 N–H and O–H groups in total. The Hall–Kier alpha value is -1.00. The molecule has 0 saturated heterocycles. The molecule has 17 heavy (non-hydrogen) atoms. The molecule has 0 fully saturated rings. The van der Waals surface area contributed by atoms with Gasteiger partial charge in [-0.3, -0.25) is 0 Å². The van der Waals surface area contributed by atoms with Gasteiger partial charge in [-0.2, -0.15) is 0 Å². The van der Waals surface area contributed by atoms with Gasteiger partial charge in [0.15, 0.2) is 0 Å². The molecule has 2 nitrogen and oxygen atoms in total. The molecule has 1 aromatic carbocycles. The van der Waals surface area contributed by atoms with Crippen molar-refractivity contribution in [2.24, 2.45) is 0 Å². The van der Waals surface area contributed by atoms with Gasteiger partial charge in [0, 0.05) is 31.7 Å². The molecule has 0 unspecified atom stereocenters. The molecule has 0 atom stereocenters. The van der Waals surface area contributed by atoms with Gasteiger partial charge in [-0.25, -0.2) is 8.78 Å². The molecule has 0 heterocycles. The number of hydrogen-bond acceptors (Lipinski definition) is 2. The van der Waals surface area contributed by atoms with Crippen LogP contribution in [-0.2, 0) is 10.2 Å². The Morgan fingerprint density at radius 3 is 2.59 bits per heavy atom. The third-order valence-corrected chi connectivity index (χ3v) is 2.71. The maximum absolute atomic E-state index is 13.6. The smallest absolute Gasteiger partial charge is 0.129 e. The Kier molecular flexibility index (Phi) is 5.02. The molecule has 0 bridgehead atoms. The van der Waals surface area contributed by atoms with E-state index in [0.29, 0.717) is 25.3 Å². The van der Waals surface area contributed by atoms with E-state index < -0.39 is 11.6 Å². The lowest BCUT2D eigenvalue weighted by molar-refractivity contribution is 0.197. The van der Waals surface area contributed by atoms with E-state index in [9.17, 15) is 8.78 Å². The van der Waals surface area contributed by atoms with Crippen LogP contribution in [0.5, 0.6) is 0 Å². The molecule has 0 saturated carbocycles. The zero-order valence-corrected chi connectivity index (χ0v) is 10.5. The first-order valence-corrected chi connectivity index (χ1v) is 5.62. The van der Waals surface area contributed by atoms with Crippen LogP contribution in [0.3, 0.4) is 0 Å². The van der Waals surface area contributed by atoms with Crippen LogP contribution in [-0.4, -0.2) is 26.8 Å². The molecule has 96 valence electrons. The second kappa shape index (κ2) is 6.07. The van der Waals surface area contributed by atoms with Crippen molar-refractivity contribution in [3.63, 3.8) is 0 Å². The average Bonchev–Trinajstić information content (AvgIpc) is 2.24. The summed E-state index contributed by atoms with van der Waals surface area (Å²) >= 11 is 0. The van der Waals surface area contributed by atoms with E-state index in [0.717, 1.165) is 6.07 Å². The first-order valence-electron chi connectivity index (χ1n) is 5.62. The van der Waals surface area contributed by atoms with E-state index in [2.05, 4.69) is 5.32 Å². The van der Waals surface area contributed by atoms with Crippen molar-refractivity contribution in [1.82, 2.24) is 5.32 Å². The maximum Gasteiger partial charge on any atom is 0.129 e. The SMILES string of the molecule is COCCNCC(C)(C)c1ccc(F)cc1F. The molecule has 0 aliphatic heterocycles. The Morgan fingerprint density at radius 2 is 2.00 bits per heavy atom. The fraction of sp³-hybridized carbons (Fsp3) is 0.538. The number of hydrogen-bond donors (Lipinski definition) is 1. The fourth-order valence-electron chi connectivity index (χ4n) is 1.71. The van der Waals surface area contributed by atoms with Gasteiger partial charge in [0.2, 0.25) is 0 Å². The quantitative estimate of drug-likeness (QED) is 0.775. The number of benzene rings is 1. The highest BCUT2D eigenvalue weighted by molar-refractivity contribution is 5.26. The topological polar surface area (TPSA) is 21.3 Å². The summed E-state index contributed by atoms with van der Waals surface area (Å²) in [4.78, 5) is 0. The first-order chi connectivity index (χ1) is 7.97. The zero-order valence-electron chi connectivity index (χ0n) is 10.5. The van der Waals surface area contributed by atoms with Gasteiger partial charge in [0.1, 0.15) is 11.6 Å². The van der Waals surface area contributed by atoms with Crippen molar-refractivity contribution in [2.75, 3.05) is 26.8 Å². The van der Waals surface area contributed by atoms with Gasteiger partial charge in [0.05, 0.1) is 6.61 Å². The summed E-state index contributed by atoms with van der Waals surface area (Å²) in [6.07, 6.45) is 0. The Labute approximate surface area is 101 Å². The molecule has 0 aliphatic rings. The number of halogens is 2. The molecule has 0 radical (unpaired) electrons. The van der Waals surface area contributed by atoms with Crippen LogP contribution in [0.2, 0.25) is 0 Å². The zero-order chi connectivity index (χ0) is 12.9. The molecule has 0 aliphatic carbocycles. The maximum atomic E-state index is 13.6. The molecular weight excluding hydrogens is 224 g/mol. The van der Waals surface area contributed by atoms with E-state index >= 15 is 0 Å². The highest BCUT2D eigenvalue weighted by Gasteiger charge is 2.23. The predicted octanol–water partition coefficient (Wildman–Crippen LogP) is 2.48. The third-order valence-electron chi connectivity index (χ3n) is 2.71. The minimum atomic E-state index is -0.547. The lowest BCUT2D eigenvalue weighted by Gasteiger charge is -2.26. The van der Waals surface area contributed by atoms with Crippen LogP contribution in [0.1, 0.15) is 19.4 Å². The van der Waals surface area contributed by atoms with Gasteiger partial charge in [-0.05, 0) is 11.6 Å². The van der Waals surface area contributed by atoms with Crippen LogP contribution in [0.15, 0.2) is 18.2 Å². The largest absolute Gasteiger partial charge is 0.383 e.